The number of anilines is 2. The van der Waals surface area contributed by atoms with E-state index in [1.807, 2.05) is 32.0 Å². The van der Waals surface area contributed by atoms with Crippen molar-refractivity contribution in [1.82, 2.24) is 15.0 Å². The van der Waals surface area contributed by atoms with Gasteiger partial charge in [0.15, 0.2) is 5.82 Å². The van der Waals surface area contributed by atoms with Crippen LogP contribution in [0.25, 0.3) is 10.9 Å². The smallest absolute Gasteiger partial charge is 0.258 e. The molecule has 3 aromatic rings. The van der Waals surface area contributed by atoms with Crippen molar-refractivity contribution in [3.05, 3.63) is 48.8 Å². The highest BCUT2D eigenvalue weighted by Crippen LogP contribution is 2.29. The van der Waals surface area contributed by atoms with Crippen LogP contribution in [0.2, 0.25) is 0 Å². The summed E-state index contributed by atoms with van der Waals surface area (Å²) in [4.78, 5) is 18.0. The molecule has 0 spiro atoms. The molecule has 0 amide bonds. The number of rotatable bonds is 4. The van der Waals surface area contributed by atoms with Crippen molar-refractivity contribution < 1.29 is 9.84 Å². The van der Waals surface area contributed by atoms with Crippen molar-refractivity contribution in [3.8, 4) is 5.88 Å². The normalized spacial score (nSPS) is 17.3. The summed E-state index contributed by atoms with van der Waals surface area (Å²) in [5.41, 5.74) is 1.01. The fourth-order valence-electron chi connectivity index (χ4n) is 3.78. The Labute approximate surface area is 177 Å². The molecule has 2 aromatic heterocycles. The lowest BCUT2D eigenvalue weighted by Crippen LogP contribution is -2.54. The molecule has 7 heteroatoms. The van der Waals surface area contributed by atoms with Crippen molar-refractivity contribution in [3.63, 3.8) is 0 Å². The molecule has 158 valence electrons. The Morgan fingerprint density at radius 2 is 1.67 bits per heavy atom. The van der Waals surface area contributed by atoms with Gasteiger partial charge in [0.25, 0.3) is 5.88 Å². The molecule has 0 saturated carbocycles. The average molecular weight is 408 g/mol. The molecular weight excluding hydrogens is 378 g/mol. The Hall–Kier alpha value is -2.93. The van der Waals surface area contributed by atoms with Gasteiger partial charge in [-0.2, -0.15) is 0 Å². The summed E-state index contributed by atoms with van der Waals surface area (Å²) >= 11 is 0. The Morgan fingerprint density at radius 3 is 2.47 bits per heavy atom. The van der Waals surface area contributed by atoms with Crippen LogP contribution in [0.3, 0.4) is 0 Å². The number of piperidine rings is 1. The lowest BCUT2D eigenvalue weighted by atomic mass is 10.1. The number of hydrogen-bond donors (Lipinski definition) is 1. The van der Waals surface area contributed by atoms with Gasteiger partial charge in [-0.15, -0.1) is 0 Å². The van der Waals surface area contributed by atoms with Crippen LogP contribution < -0.4 is 14.5 Å². The largest absolute Gasteiger partial charge is 0.468 e. The highest BCUT2D eigenvalue weighted by Gasteiger charge is 2.31. The first-order valence-corrected chi connectivity index (χ1v) is 10.8. The molecule has 30 heavy (non-hydrogen) atoms. The summed E-state index contributed by atoms with van der Waals surface area (Å²) < 4.78 is 6.15. The lowest BCUT2D eigenvalue weighted by Gasteiger charge is -2.40. The lowest BCUT2D eigenvalue weighted by molar-refractivity contribution is 0.142. The predicted molar refractivity (Wildman–Crippen MR) is 119 cm³/mol. The number of benzene rings is 1. The van der Waals surface area contributed by atoms with Crippen LogP contribution in [-0.4, -0.2) is 58.4 Å². The minimum Gasteiger partial charge on any atom is -0.468 e. The molecule has 0 unspecified atom stereocenters. The minimum absolute atomic E-state index is 0.0686. The molecule has 0 bridgehead atoms. The van der Waals surface area contributed by atoms with Gasteiger partial charge in [0.1, 0.15) is 11.9 Å². The number of pyridine rings is 1. The van der Waals surface area contributed by atoms with E-state index in [0.29, 0.717) is 5.88 Å². The van der Waals surface area contributed by atoms with Crippen molar-refractivity contribution in [2.24, 2.45) is 0 Å². The molecule has 2 aliphatic rings. The van der Waals surface area contributed by atoms with Crippen LogP contribution in [0.1, 0.15) is 26.7 Å². The van der Waals surface area contributed by atoms with E-state index < -0.39 is 0 Å². The quantitative estimate of drug-likeness (QED) is 0.711. The molecule has 0 aliphatic carbocycles. The monoisotopic (exact) mass is 407 g/mol. The van der Waals surface area contributed by atoms with Crippen LogP contribution in [0.5, 0.6) is 5.88 Å². The third-order valence-electron chi connectivity index (χ3n) is 5.44. The zero-order valence-corrected chi connectivity index (χ0v) is 17.6. The van der Waals surface area contributed by atoms with E-state index in [0.717, 1.165) is 61.6 Å². The molecule has 1 N–H and O–H groups in total. The van der Waals surface area contributed by atoms with Gasteiger partial charge in [-0.05, 0) is 31.0 Å². The summed E-state index contributed by atoms with van der Waals surface area (Å²) in [7, 11) is 0. The summed E-state index contributed by atoms with van der Waals surface area (Å²) in [6.07, 6.45) is 4.71. The molecule has 2 saturated heterocycles. The number of hydrogen-bond acceptors (Lipinski definition) is 7. The number of fused-ring (bicyclic) bond motifs is 1. The molecule has 2 fully saturated rings. The Kier molecular flexibility index (Phi) is 6.28. The van der Waals surface area contributed by atoms with E-state index in [4.69, 9.17) is 9.72 Å². The third kappa shape index (κ3) is 4.31. The molecular formula is C23H29N5O2. The molecule has 0 atom stereocenters. The maximum Gasteiger partial charge on any atom is 0.258 e. The first-order chi connectivity index (χ1) is 14.8. The van der Waals surface area contributed by atoms with Gasteiger partial charge in [0.05, 0.1) is 24.7 Å². The van der Waals surface area contributed by atoms with E-state index in [9.17, 15) is 5.11 Å². The highest BCUT2D eigenvalue weighted by molar-refractivity contribution is 5.80. The van der Waals surface area contributed by atoms with Crippen LogP contribution in [0.4, 0.5) is 11.6 Å². The molecule has 7 nitrogen and oxygen atoms in total. The minimum atomic E-state index is -0.216. The third-order valence-corrected chi connectivity index (χ3v) is 5.44. The summed E-state index contributed by atoms with van der Waals surface area (Å²) in [6, 6.07) is 12.3. The molecule has 4 heterocycles. The average Bonchev–Trinajstić information content (AvgIpc) is 2.78. The number of aliphatic hydroxyl groups excluding tert-OH is 1. The fourth-order valence-corrected chi connectivity index (χ4v) is 3.78. The molecule has 0 radical (unpaired) electrons. The van der Waals surface area contributed by atoms with Gasteiger partial charge in [-0.1, -0.05) is 32.0 Å². The van der Waals surface area contributed by atoms with Crippen LogP contribution in [0, 0.1) is 0 Å². The Morgan fingerprint density at radius 1 is 0.933 bits per heavy atom. The maximum atomic E-state index is 9.73. The van der Waals surface area contributed by atoms with Gasteiger partial charge in [0, 0.05) is 30.9 Å². The van der Waals surface area contributed by atoms with E-state index in [1.54, 1.807) is 12.4 Å². The maximum absolute atomic E-state index is 9.73. The molecule has 1 aromatic carbocycles. The number of para-hydroxylation sites is 1. The zero-order chi connectivity index (χ0) is 20.9. The second-order valence-electron chi connectivity index (χ2n) is 7.41. The van der Waals surface area contributed by atoms with Gasteiger partial charge in [0.2, 0.25) is 0 Å². The zero-order valence-electron chi connectivity index (χ0n) is 17.6. The van der Waals surface area contributed by atoms with E-state index >= 15 is 0 Å². The van der Waals surface area contributed by atoms with Crippen molar-refractivity contribution in [1.29, 1.82) is 0 Å². The first-order valence-electron chi connectivity index (χ1n) is 10.8. The Bertz CT molecular complexity index is 968. The standard InChI is InChI=1S/C21H23N5O2.C2H6/c27-16-7-11-25(12-8-16)20-21(23-10-9-22-20)28-17-13-26(14-17)19-6-5-15-3-1-2-4-18(15)24-19;1-2/h1-6,9-10,16-17,27H,7-8,11-14H2;1-2H3. The fraction of sp³-hybridized carbons (Fsp3) is 0.435. The van der Waals surface area contributed by atoms with Crippen molar-refractivity contribution >= 4 is 22.5 Å². The van der Waals surface area contributed by atoms with Crippen LogP contribution in [0.15, 0.2) is 48.8 Å². The van der Waals surface area contributed by atoms with E-state index in [-0.39, 0.29) is 12.2 Å². The second-order valence-corrected chi connectivity index (χ2v) is 7.41. The Balaban J connectivity index is 0.00000106. The predicted octanol–water partition coefficient (Wildman–Crippen LogP) is 3.28. The van der Waals surface area contributed by atoms with Crippen LogP contribution in [-0.2, 0) is 0 Å². The number of nitrogens with zero attached hydrogens (tertiary/aromatic N) is 5. The highest BCUT2D eigenvalue weighted by atomic mass is 16.5. The topological polar surface area (TPSA) is 74.6 Å². The van der Waals surface area contributed by atoms with Gasteiger partial charge < -0.3 is 19.6 Å². The SMILES string of the molecule is CC.OC1CCN(c2nccnc2OC2CN(c3ccc4ccccc4n3)C2)CC1. The van der Waals surface area contributed by atoms with Crippen molar-refractivity contribution in [2.45, 2.75) is 38.9 Å². The van der Waals surface area contributed by atoms with Gasteiger partial charge >= 0.3 is 0 Å². The summed E-state index contributed by atoms with van der Waals surface area (Å²) in [5, 5.41) is 10.9. The molecule has 2 aliphatic heterocycles. The second kappa shape index (κ2) is 9.26. The van der Waals surface area contributed by atoms with Gasteiger partial charge in [-0.25, -0.2) is 15.0 Å². The van der Waals surface area contributed by atoms with Gasteiger partial charge in [-0.3, -0.25) is 0 Å². The van der Waals surface area contributed by atoms with Crippen LogP contribution >= 0.6 is 0 Å². The first kappa shape index (κ1) is 20.3. The number of aliphatic hydroxyl groups is 1. The molecule has 5 rings (SSSR count). The van der Waals surface area contributed by atoms with E-state index in [1.165, 1.54) is 0 Å². The number of aromatic nitrogens is 3. The summed E-state index contributed by atoms with van der Waals surface area (Å²) in [5.74, 6) is 2.33. The number of ether oxygens (including phenoxy) is 1. The summed E-state index contributed by atoms with van der Waals surface area (Å²) in [6.45, 7) is 7.10. The van der Waals surface area contributed by atoms with E-state index in [2.05, 4.69) is 38.0 Å². The van der Waals surface area contributed by atoms with Crippen molar-refractivity contribution in [2.75, 3.05) is 36.0 Å².